The van der Waals surface area contributed by atoms with E-state index in [1.165, 1.54) is 25.7 Å². The fourth-order valence-corrected chi connectivity index (χ4v) is 2.00. The average Bonchev–Trinajstić information content (AvgIpc) is 2.53. The van der Waals surface area contributed by atoms with Gasteiger partial charge < -0.3 is 10.1 Å². The first-order valence-electron chi connectivity index (χ1n) is 5.09. The second kappa shape index (κ2) is 5.55. The van der Waals surface area contributed by atoms with Gasteiger partial charge in [0.25, 0.3) is 0 Å². The quantitative estimate of drug-likeness (QED) is 0.637. The summed E-state index contributed by atoms with van der Waals surface area (Å²) in [7, 11) is 1.76. The number of hydrogen-bond acceptors (Lipinski definition) is 2. The zero-order valence-corrected chi connectivity index (χ0v) is 8.31. The van der Waals surface area contributed by atoms with Crippen LogP contribution in [0.4, 0.5) is 0 Å². The van der Waals surface area contributed by atoms with E-state index in [1.54, 1.807) is 7.11 Å². The summed E-state index contributed by atoms with van der Waals surface area (Å²) in [5.41, 5.74) is 0. The highest BCUT2D eigenvalue weighted by Gasteiger charge is 2.22. The largest absolute Gasteiger partial charge is 0.383 e. The van der Waals surface area contributed by atoms with Crippen molar-refractivity contribution in [1.29, 1.82) is 0 Å². The van der Waals surface area contributed by atoms with Gasteiger partial charge in [-0.15, -0.1) is 0 Å². The minimum atomic E-state index is 0.769. The monoisotopic (exact) mass is 171 g/mol. The zero-order valence-electron chi connectivity index (χ0n) is 8.31. The minimum absolute atomic E-state index is 0.769. The highest BCUT2D eigenvalue weighted by molar-refractivity contribution is 4.79. The molecule has 0 aromatic carbocycles. The first kappa shape index (κ1) is 10.0. The van der Waals surface area contributed by atoms with Crippen LogP contribution in [-0.4, -0.2) is 26.3 Å². The van der Waals surface area contributed by atoms with E-state index in [-0.39, 0.29) is 0 Å². The molecule has 2 unspecified atom stereocenters. The van der Waals surface area contributed by atoms with Gasteiger partial charge in [0.1, 0.15) is 0 Å². The van der Waals surface area contributed by atoms with Crippen molar-refractivity contribution < 1.29 is 4.74 Å². The van der Waals surface area contributed by atoms with Gasteiger partial charge >= 0.3 is 0 Å². The van der Waals surface area contributed by atoms with Gasteiger partial charge in [0.2, 0.25) is 0 Å². The number of methoxy groups -OCH3 is 1. The van der Waals surface area contributed by atoms with Crippen LogP contribution < -0.4 is 5.32 Å². The fourth-order valence-electron chi connectivity index (χ4n) is 2.00. The number of rotatable bonds is 5. The summed E-state index contributed by atoms with van der Waals surface area (Å²) in [5, 5.41) is 3.52. The van der Waals surface area contributed by atoms with Crippen LogP contribution in [0.15, 0.2) is 0 Å². The molecule has 2 heteroatoms. The average molecular weight is 171 g/mol. The zero-order chi connectivity index (χ0) is 8.81. The molecule has 2 atom stereocenters. The Hall–Kier alpha value is -0.0800. The highest BCUT2D eigenvalue weighted by Crippen LogP contribution is 2.27. The molecule has 12 heavy (non-hydrogen) atoms. The Kier molecular flexibility index (Phi) is 4.62. The lowest BCUT2D eigenvalue weighted by Crippen LogP contribution is -2.29. The van der Waals surface area contributed by atoms with Crippen LogP contribution in [0.2, 0.25) is 0 Å². The molecule has 0 spiro atoms. The predicted molar refractivity (Wildman–Crippen MR) is 51.3 cm³/mol. The van der Waals surface area contributed by atoms with Gasteiger partial charge in [-0.1, -0.05) is 13.3 Å². The van der Waals surface area contributed by atoms with Gasteiger partial charge in [0.15, 0.2) is 0 Å². The molecule has 0 radical (unpaired) electrons. The van der Waals surface area contributed by atoms with Crippen LogP contribution in [0.25, 0.3) is 0 Å². The summed E-state index contributed by atoms with van der Waals surface area (Å²) < 4.78 is 4.99. The molecule has 1 fully saturated rings. The lowest BCUT2D eigenvalue weighted by atomic mass is 10.1. The van der Waals surface area contributed by atoms with E-state index in [0.29, 0.717) is 0 Å². The Morgan fingerprint density at radius 1 is 1.42 bits per heavy atom. The Bertz CT molecular complexity index is 116. The lowest BCUT2D eigenvalue weighted by molar-refractivity contribution is 0.195. The van der Waals surface area contributed by atoms with E-state index < -0.39 is 0 Å². The normalized spacial score (nSPS) is 29.5. The van der Waals surface area contributed by atoms with Crippen molar-refractivity contribution in [3.05, 3.63) is 0 Å². The fraction of sp³-hybridized carbons (Fsp3) is 1.00. The highest BCUT2D eigenvalue weighted by atomic mass is 16.5. The molecule has 2 nitrogen and oxygen atoms in total. The second-order valence-corrected chi connectivity index (χ2v) is 3.73. The number of nitrogens with one attached hydrogen (secondary N) is 1. The second-order valence-electron chi connectivity index (χ2n) is 3.73. The van der Waals surface area contributed by atoms with E-state index in [0.717, 1.165) is 25.1 Å². The third-order valence-electron chi connectivity index (χ3n) is 2.86. The smallest absolute Gasteiger partial charge is 0.0587 e. The summed E-state index contributed by atoms with van der Waals surface area (Å²) in [6.07, 6.45) is 5.51. The Labute approximate surface area is 75.7 Å². The van der Waals surface area contributed by atoms with Crippen LogP contribution in [0.3, 0.4) is 0 Å². The summed E-state index contributed by atoms with van der Waals surface area (Å²) in [6.45, 7) is 4.15. The van der Waals surface area contributed by atoms with Crippen molar-refractivity contribution in [2.45, 2.75) is 38.6 Å². The van der Waals surface area contributed by atoms with Crippen molar-refractivity contribution in [3.63, 3.8) is 0 Å². The van der Waals surface area contributed by atoms with E-state index in [9.17, 15) is 0 Å². The van der Waals surface area contributed by atoms with Crippen molar-refractivity contribution in [2.75, 3.05) is 20.3 Å². The SMILES string of the molecule is CCC1CCC(NCCOC)C1. The van der Waals surface area contributed by atoms with Crippen LogP contribution in [0.5, 0.6) is 0 Å². The molecule has 0 aromatic rings. The van der Waals surface area contributed by atoms with Gasteiger partial charge in [0, 0.05) is 19.7 Å². The Morgan fingerprint density at radius 3 is 2.83 bits per heavy atom. The maximum atomic E-state index is 4.99. The maximum absolute atomic E-state index is 4.99. The number of hydrogen-bond donors (Lipinski definition) is 1. The van der Waals surface area contributed by atoms with Crippen molar-refractivity contribution >= 4 is 0 Å². The molecule has 0 amide bonds. The standard InChI is InChI=1S/C10H21NO/c1-3-9-4-5-10(8-9)11-6-7-12-2/h9-11H,3-8H2,1-2H3. The molecule has 72 valence electrons. The molecule has 0 heterocycles. The molecule has 0 aliphatic heterocycles. The van der Waals surface area contributed by atoms with Crippen molar-refractivity contribution in [3.8, 4) is 0 Å². The topological polar surface area (TPSA) is 21.3 Å². The summed E-state index contributed by atoms with van der Waals surface area (Å²) >= 11 is 0. The maximum Gasteiger partial charge on any atom is 0.0587 e. The molecule has 1 N–H and O–H groups in total. The van der Waals surface area contributed by atoms with E-state index in [4.69, 9.17) is 4.74 Å². The van der Waals surface area contributed by atoms with E-state index in [1.807, 2.05) is 0 Å². The molecule has 1 aliphatic rings. The summed E-state index contributed by atoms with van der Waals surface area (Å²) in [4.78, 5) is 0. The first-order chi connectivity index (χ1) is 5.86. The van der Waals surface area contributed by atoms with Crippen LogP contribution >= 0.6 is 0 Å². The van der Waals surface area contributed by atoms with E-state index in [2.05, 4.69) is 12.2 Å². The summed E-state index contributed by atoms with van der Waals surface area (Å²) in [6, 6.07) is 0.769. The predicted octanol–water partition coefficient (Wildman–Crippen LogP) is 1.80. The summed E-state index contributed by atoms with van der Waals surface area (Å²) in [5.74, 6) is 0.977. The third kappa shape index (κ3) is 3.11. The first-order valence-corrected chi connectivity index (χ1v) is 5.09. The molecule has 1 saturated carbocycles. The molecule has 1 aliphatic carbocycles. The number of ether oxygens (including phenoxy) is 1. The Balaban J connectivity index is 2.03. The molecular weight excluding hydrogens is 150 g/mol. The van der Waals surface area contributed by atoms with Crippen LogP contribution in [0, 0.1) is 5.92 Å². The van der Waals surface area contributed by atoms with Gasteiger partial charge in [-0.05, 0) is 25.2 Å². The molecule has 0 saturated heterocycles. The van der Waals surface area contributed by atoms with Crippen molar-refractivity contribution in [2.24, 2.45) is 5.92 Å². The van der Waals surface area contributed by atoms with Gasteiger partial charge in [-0.25, -0.2) is 0 Å². The van der Waals surface area contributed by atoms with Crippen molar-refractivity contribution in [1.82, 2.24) is 5.32 Å². The Morgan fingerprint density at radius 2 is 2.25 bits per heavy atom. The molecular formula is C10H21NO. The lowest BCUT2D eigenvalue weighted by Gasteiger charge is -2.11. The van der Waals surface area contributed by atoms with Crippen LogP contribution in [-0.2, 0) is 4.74 Å². The third-order valence-corrected chi connectivity index (χ3v) is 2.86. The molecule has 0 bridgehead atoms. The van der Waals surface area contributed by atoms with Gasteiger partial charge in [0.05, 0.1) is 6.61 Å². The van der Waals surface area contributed by atoms with Crippen LogP contribution in [0.1, 0.15) is 32.6 Å². The molecule has 1 rings (SSSR count). The van der Waals surface area contributed by atoms with Gasteiger partial charge in [-0.2, -0.15) is 0 Å². The minimum Gasteiger partial charge on any atom is -0.383 e. The molecule has 0 aromatic heterocycles. The van der Waals surface area contributed by atoms with E-state index >= 15 is 0 Å². The van der Waals surface area contributed by atoms with Gasteiger partial charge in [-0.3, -0.25) is 0 Å².